The normalized spacial score (nSPS) is 10.8. The van der Waals surface area contributed by atoms with Crippen molar-refractivity contribution < 1.29 is 13.2 Å². The third-order valence-electron chi connectivity index (χ3n) is 2.20. The molecule has 3 nitrogen and oxygen atoms in total. The van der Waals surface area contributed by atoms with Gasteiger partial charge < -0.3 is 17.2 Å². The van der Waals surface area contributed by atoms with Crippen LogP contribution >= 0.6 is 0 Å². The summed E-state index contributed by atoms with van der Waals surface area (Å²) in [5.74, 6) is -3.06. The average molecular weight is 219 g/mol. The third kappa shape index (κ3) is 1.83. The first-order chi connectivity index (χ1) is 7.08. The molecule has 6 N–H and O–H groups in total. The van der Waals surface area contributed by atoms with Crippen molar-refractivity contribution in [2.24, 2.45) is 17.2 Å². The molecule has 0 heterocycles. The van der Waals surface area contributed by atoms with Crippen LogP contribution in [0.15, 0.2) is 0 Å². The molecule has 1 aromatic rings. The second-order valence-corrected chi connectivity index (χ2v) is 2.99. The third-order valence-corrected chi connectivity index (χ3v) is 2.20. The van der Waals surface area contributed by atoms with E-state index in [9.17, 15) is 13.2 Å². The predicted molar refractivity (Wildman–Crippen MR) is 50.0 cm³/mol. The SMILES string of the molecule is NCc1c(F)c(CN)c(F)c(CN)c1F. The largest absolute Gasteiger partial charge is 0.326 e. The van der Waals surface area contributed by atoms with Crippen LogP contribution in [0.4, 0.5) is 13.2 Å². The van der Waals surface area contributed by atoms with Gasteiger partial charge >= 0.3 is 0 Å². The summed E-state index contributed by atoms with van der Waals surface area (Å²) in [5.41, 5.74) is 14.4. The Morgan fingerprint density at radius 1 is 0.600 bits per heavy atom. The standard InChI is InChI=1S/C9H12F3N3/c10-7-4(1-13)8(11)6(3-15)9(12)5(7)2-14/h1-3,13-15H2. The highest BCUT2D eigenvalue weighted by atomic mass is 19.1. The molecule has 0 unspecified atom stereocenters. The van der Waals surface area contributed by atoms with Gasteiger partial charge in [-0.15, -0.1) is 0 Å². The lowest BCUT2D eigenvalue weighted by atomic mass is 10.0. The Kier molecular flexibility index (Phi) is 3.67. The second-order valence-electron chi connectivity index (χ2n) is 2.99. The average Bonchev–Trinajstić information content (AvgIpc) is 2.19. The number of benzene rings is 1. The summed E-state index contributed by atoms with van der Waals surface area (Å²) >= 11 is 0. The van der Waals surface area contributed by atoms with Gasteiger partial charge in [-0.2, -0.15) is 0 Å². The van der Waals surface area contributed by atoms with Crippen LogP contribution in [0.2, 0.25) is 0 Å². The first-order valence-corrected chi connectivity index (χ1v) is 4.35. The topological polar surface area (TPSA) is 78.1 Å². The van der Waals surface area contributed by atoms with E-state index in [1.807, 2.05) is 0 Å². The van der Waals surface area contributed by atoms with Gasteiger partial charge in [0.05, 0.1) is 0 Å². The maximum atomic E-state index is 13.4. The van der Waals surface area contributed by atoms with Crippen molar-refractivity contribution >= 4 is 0 Å². The van der Waals surface area contributed by atoms with Gasteiger partial charge in [-0.3, -0.25) is 0 Å². The van der Waals surface area contributed by atoms with Crippen molar-refractivity contribution in [1.29, 1.82) is 0 Å². The van der Waals surface area contributed by atoms with Crippen LogP contribution in [0.25, 0.3) is 0 Å². The van der Waals surface area contributed by atoms with Crippen molar-refractivity contribution in [2.45, 2.75) is 19.6 Å². The van der Waals surface area contributed by atoms with Crippen molar-refractivity contribution in [3.05, 3.63) is 34.1 Å². The lowest BCUT2D eigenvalue weighted by Gasteiger charge is -2.12. The highest BCUT2D eigenvalue weighted by Gasteiger charge is 2.22. The lowest BCUT2D eigenvalue weighted by Crippen LogP contribution is -2.17. The fourth-order valence-corrected chi connectivity index (χ4v) is 1.37. The van der Waals surface area contributed by atoms with Crippen LogP contribution in [-0.4, -0.2) is 0 Å². The molecule has 0 saturated heterocycles. The first kappa shape index (κ1) is 12.0. The monoisotopic (exact) mass is 219 g/mol. The molecule has 0 amide bonds. The van der Waals surface area contributed by atoms with Gasteiger partial charge in [0.2, 0.25) is 0 Å². The highest BCUT2D eigenvalue weighted by molar-refractivity contribution is 5.35. The minimum absolute atomic E-state index is 0.363. The van der Waals surface area contributed by atoms with Gasteiger partial charge in [-0.1, -0.05) is 0 Å². The number of halogens is 3. The number of hydrogen-bond acceptors (Lipinski definition) is 3. The number of nitrogens with two attached hydrogens (primary N) is 3. The van der Waals surface area contributed by atoms with Crippen LogP contribution < -0.4 is 17.2 Å². The van der Waals surface area contributed by atoms with E-state index in [0.717, 1.165) is 0 Å². The Morgan fingerprint density at radius 3 is 0.933 bits per heavy atom. The van der Waals surface area contributed by atoms with Gasteiger partial charge in [-0.25, -0.2) is 13.2 Å². The molecule has 0 aliphatic carbocycles. The minimum Gasteiger partial charge on any atom is -0.326 e. The summed E-state index contributed by atoms with van der Waals surface area (Å²) in [7, 11) is 0. The van der Waals surface area contributed by atoms with Crippen LogP contribution in [0.5, 0.6) is 0 Å². The minimum atomic E-state index is -1.02. The van der Waals surface area contributed by atoms with Crippen molar-refractivity contribution in [3.8, 4) is 0 Å². The lowest BCUT2D eigenvalue weighted by molar-refractivity contribution is 0.491. The van der Waals surface area contributed by atoms with Gasteiger partial charge in [0, 0.05) is 36.3 Å². The van der Waals surface area contributed by atoms with Gasteiger partial charge in [0.15, 0.2) is 0 Å². The maximum Gasteiger partial charge on any atom is 0.138 e. The quantitative estimate of drug-likeness (QED) is 0.691. The van der Waals surface area contributed by atoms with E-state index in [2.05, 4.69) is 0 Å². The van der Waals surface area contributed by atoms with Crippen LogP contribution in [0, 0.1) is 17.5 Å². The van der Waals surface area contributed by atoms with Crippen LogP contribution in [0.1, 0.15) is 16.7 Å². The molecule has 6 heteroatoms. The summed E-state index contributed by atoms with van der Waals surface area (Å²) in [6.07, 6.45) is 0. The smallest absolute Gasteiger partial charge is 0.138 e. The Balaban J connectivity index is 3.57. The van der Waals surface area contributed by atoms with Crippen LogP contribution in [-0.2, 0) is 19.6 Å². The highest BCUT2D eigenvalue weighted by Crippen LogP contribution is 2.24. The van der Waals surface area contributed by atoms with E-state index in [0.29, 0.717) is 0 Å². The molecule has 0 bridgehead atoms. The van der Waals surface area contributed by atoms with E-state index >= 15 is 0 Å². The van der Waals surface area contributed by atoms with Crippen LogP contribution in [0.3, 0.4) is 0 Å². The summed E-state index contributed by atoms with van der Waals surface area (Å²) in [6, 6.07) is 0. The van der Waals surface area contributed by atoms with Gasteiger partial charge in [0.1, 0.15) is 17.5 Å². The van der Waals surface area contributed by atoms with Crippen molar-refractivity contribution in [3.63, 3.8) is 0 Å². The Hall–Kier alpha value is -1.11. The molecule has 0 aliphatic heterocycles. The van der Waals surface area contributed by atoms with E-state index < -0.39 is 17.5 Å². The van der Waals surface area contributed by atoms with Crippen molar-refractivity contribution in [1.82, 2.24) is 0 Å². The summed E-state index contributed by atoms with van der Waals surface area (Å²) in [6.45, 7) is -1.09. The van der Waals surface area contributed by atoms with E-state index in [-0.39, 0.29) is 36.3 Å². The van der Waals surface area contributed by atoms with E-state index in [1.54, 1.807) is 0 Å². The van der Waals surface area contributed by atoms with Gasteiger partial charge in [-0.05, 0) is 0 Å². The molecule has 1 rings (SSSR count). The molecule has 0 radical (unpaired) electrons. The fourth-order valence-electron chi connectivity index (χ4n) is 1.37. The molecular formula is C9H12F3N3. The predicted octanol–water partition coefficient (Wildman–Crippen LogP) is 0.480. The molecule has 15 heavy (non-hydrogen) atoms. The second kappa shape index (κ2) is 4.61. The Labute approximate surface area is 85.0 Å². The molecular weight excluding hydrogens is 207 g/mol. The molecule has 0 atom stereocenters. The molecule has 0 aliphatic rings. The molecule has 0 saturated carbocycles. The summed E-state index contributed by atoms with van der Waals surface area (Å²) < 4.78 is 40.3. The zero-order chi connectivity index (χ0) is 11.6. The van der Waals surface area contributed by atoms with E-state index in [4.69, 9.17) is 17.2 Å². The fraction of sp³-hybridized carbons (Fsp3) is 0.333. The van der Waals surface area contributed by atoms with Gasteiger partial charge in [0.25, 0.3) is 0 Å². The summed E-state index contributed by atoms with van der Waals surface area (Å²) in [4.78, 5) is 0. The Bertz CT molecular complexity index is 301. The van der Waals surface area contributed by atoms with E-state index in [1.165, 1.54) is 0 Å². The molecule has 84 valence electrons. The number of hydrogen-bond donors (Lipinski definition) is 3. The first-order valence-electron chi connectivity index (χ1n) is 4.35. The molecule has 1 aromatic carbocycles. The molecule has 0 spiro atoms. The summed E-state index contributed by atoms with van der Waals surface area (Å²) in [5, 5.41) is 0. The molecule has 0 fully saturated rings. The Morgan fingerprint density at radius 2 is 0.800 bits per heavy atom. The number of rotatable bonds is 3. The maximum absolute atomic E-state index is 13.4. The zero-order valence-electron chi connectivity index (χ0n) is 7.99. The molecule has 0 aromatic heterocycles. The zero-order valence-corrected chi connectivity index (χ0v) is 7.99. The van der Waals surface area contributed by atoms with Crippen molar-refractivity contribution in [2.75, 3.05) is 0 Å².